The lowest BCUT2D eigenvalue weighted by molar-refractivity contribution is 0.386. The molecule has 0 spiro atoms. The molecule has 44 valence electrons. The maximum atomic E-state index is 8.53. The van der Waals surface area contributed by atoms with Gasteiger partial charge in [-0.15, -0.1) is 0 Å². The predicted molar refractivity (Wildman–Crippen MR) is 29.2 cm³/mol. The molecule has 0 aliphatic heterocycles. The first-order chi connectivity index (χ1) is 3.83. The molecule has 0 saturated heterocycles. The van der Waals surface area contributed by atoms with Crippen molar-refractivity contribution in [2.45, 2.75) is 0 Å². The van der Waals surface area contributed by atoms with Gasteiger partial charge in [0.1, 0.15) is 0 Å². The lowest BCUT2D eigenvalue weighted by atomic mass is 10.9. The van der Waals surface area contributed by atoms with Gasteiger partial charge in [-0.3, -0.25) is 5.21 Å². The second-order valence-electron chi connectivity index (χ2n) is 1.12. The number of hydrogen-bond acceptors (Lipinski definition) is 5. The third-order valence-electron chi connectivity index (χ3n) is 0.588. The summed E-state index contributed by atoms with van der Waals surface area (Å²) in [5.74, 6) is -0.0773. The van der Waals surface area contributed by atoms with Crippen molar-refractivity contribution in [1.29, 1.82) is 0 Å². The van der Waals surface area contributed by atoms with E-state index in [1.807, 2.05) is 0 Å². The minimum Gasteiger partial charge on any atom is -0.493 e. The Morgan fingerprint density at radius 1 is 1.75 bits per heavy atom. The molecule has 0 saturated carbocycles. The highest BCUT2D eigenvalue weighted by molar-refractivity contribution is 7.13. The van der Waals surface area contributed by atoms with Crippen molar-refractivity contribution in [2.75, 3.05) is 5.48 Å². The number of aromatic hydroxyl groups is 1. The van der Waals surface area contributed by atoms with E-state index in [9.17, 15) is 0 Å². The maximum Gasteiger partial charge on any atom is 0.223 e. The minimum atomic E-state index is -0.0773. The number of hydrogen-bond donors (Lipinski definition) is 3. The fourth-order valence-corrected chi connectivity index (χ4v) is 0.785. The Balaban J connectivity index is 2.84. The molecule has 1 aromatic heterocycles. The lowest BCUT2D eigenvalue weighted by Gasteiger charge is -1.83. The van der Waals surface area contributed by atoms with Crippen molar-refractivity contribution in [3.8, 4) is 5.88 Å². The molecule has 1 heterocycles. The third kappa shape index (κ3) is 0.877. The number of nitrogens with one attached hydrogen (secondary N) is 1. The molecule has 0 radical (unpaired) electrons. The molecule has 0 amide bonds. The molecule has 3 N–H and O–H groups in total. The first-order valence-corrected chi connectivity index (χ1v) is 2.75. The van der Waals surface area contributed by atoms with Gasteiger partial charge in [-0.1, -0.05) is 11.3 Å². The molecule has 0 atom stereocenters. The number of nitrogens with zero attached hydrogens (tertiary/aromatic N) is 1. The molecule has 0 unspecified atom stereocenters. The van der Waals surface area contributed by atoms with Crippen LogP contribution in [0.15, 0.2) is 5.38 Å². The van der Waals surface area contributed by atoms with E-state index >= 15 is 0 Å². The van der Waals surface area contributed by atoms with Gasteiger partial charge in [0.15, 0.2) is 0 Å². The van der Waals surface area contributed by atoms with Gasteiger partial charge in [-0.05, 0) is 0 Å². The molecular weight excluding hydrogens is 128 g/mol. The van der Waals surface area contributed by atoms with Crippen LogP contribution in [-0.2, 0) is 0 Å². The lowest BCUT2D eigenvalue weighted by Crippen LogP contribution is -1.85. The number of aromatic nitrogens is 1. The van der Waals surface area contributed by atoms with Crippen molar-refractivity contribution in [2.24, 2.45) is 0 Å². The quantitative estimate of drug-likeness (QED) is 0.491. The van der Waals surface area contributed by atoms with Crippen molar-refractivity contribution < 1.29 is 10.3 Å². The van der Waals surface area contributed by atoms with Gasteiger partial charge < -0.3 is 5.11 Å². The van der Waals surface area contributed by atoms with Crippen LogP contribution in [0.5, 0.6) is 5.88 Å². The summed E-state index contributed by atoms with van der Waals surface area (Å²) in [4.78, 5) is 3.44. The van der Waals surface area contributed by atoms with Gasteiger partial charge in [0, 0.05) is 0 Å². The van der Waals surface area contributed by atoms with Crippen LogP contribution in [-0.4, -0.2) is 15.3 Å². The zero-order valence-electron chi connectivity index (χ0n) is 3.83. The minimum absolute atomic E-state index is 0.0773. The van der Waals surface area contributed by atoms with Crippen LogP contribution in [0, 0.1) is 0 Å². The average Bonchev–Trinajstić information content (AvgIpc) is 2.14. The van der Waals surface area contributed by atoms with Crippen molar-refractivity contribution in [3.63, 3.8) is 0 Å². The Kier molecular flexibility index (Phi) is 1.32. The summed E-state index contributed by atoms with van der Waals surface area (Å²) in [7, 11) is 0. The van der Waals surface area contributed by atoms with Crippen molar-refractivity contribution in [3.05, 3.63) is 5.38 Å². The highest BCUT2D eigenvalue weighted by Gasteiger charge is 1.94. The molecule has 5 heteroatoms. The van der Waals surface area contributed by atoms with Gasteiger partial charge >= 0.3 is 0 Å². The van der Waals surface area contributed by atoms with Crippen LogP contribution in [0.2, 0.25) is 0 Å². The van der Waals surface area contributed by atoms with Gasteiger partial charge in [-0.25, -0.2) is 5.48 Å². The fraction of sp³-hybridized carbons (Fsp3) is 0. The summed E-state index contributed by atoms with van der Waals surface area (Å²) >= 11 is 1.13. The monoisotopic (exact) mass is 132 g/mol. The SMILES string of the molecule is ONc1nc(O)cs1. The highest BCUT2D eigenvalue weighted by atomic mass is 32.1. The van der Waals surface area contributed by atoms with E-state index in [0.717, 1.165) is 11.3 Å². The van der Waals surface area contributed by atoms with E-state index in [1.165, 1.54) is 5.38 Å². The fourth-order valence-electron chi connectivity index (χ4n) is 0.317. The number of rotatable bonds is 1. The van der Waals surface area contributed by atoms with Gasteiger partial charge in [0.05, 0.1) is 5.38 Å². The molecule has 0 bridgehead atoms. The summed E-state index contributed by atoms with van der Waals surface area (Å²) in [5, 5.41) is 18.4. The highest BCUT2D eigenvalue weighted by Crippen LogP contribution is 2.17. The molecule has 8 heavy (non-hydrogen) atoms. The normalized spacial score (nSPS) is 9.12. The van der Waals surface area contributed by atoms with E-state index in [1.54, 1.807) is 5.48 Å². The Morgan fingerprint density at radius 2 is 2.50 bits per heavy atom. The topological polar surface area (TPSA) is 65.4 Å². The Morgan fingerprint density at radius 3 is 2.75 bits per heavy atom. The summed E-state index contributed by atoms with van der Waals surface area (Å²) in [6.45, 7) is 0. The van der Waals surface area contributed by atoms with Crippen LogP contribution in [0.3, 0.4) is 0 Å². The van der Waals surface area contributed by atoms with Crippen LogP contribution in [0.1, 0.15) is 0 Å². The zero-order valence-corrected chi connectivity index (χ0v) is 4.64. The zero-order chi connectivity index (χ0) is 5.98. The smallest absolute Gasteiger partial charge is 0.223 e. The molecule has 4 nitrogen and oxygen atoms in total. The van der Waals surface area contributed by atoms with E-state index < -0.39 is 0 Å². The largest absolute Gasteiger partial charge is 0.493 e. The third-order valence-corrected chi connectivity index (χ3v) is 1.32. The van der Waals surface area contributed by atoms with Crippen LogP contribution in [0.25, 0.3) is 0 Å². The summed E-state index contributed by atoms with van der Waals surface area (Å²) in [5.41, 5.74) is 1.80. The Labute approximate surface area is 49.4 Å². The predicted octanol–water partition coefficient (Wildman–Crippen LogP) is 0.650. The number of thiazole rings is 1. The van der Waals surface area contributed by atoms with Crippen LogP contribution >= 0.6 is 11.3 Å². The van der Waals surface area contributed by atoms with E-state index in [2.05, 4.69) is 4.98 Å². The summed E-state index contributed by atoms with van der Waals surface area (Å²) in [6, 6.07) is 0. The molecule has 1 rings (SSSR count). The van der Waals surface area contributed by atoms with Crippen molar-refractivity contribution in [1.82, 2.24) is 4.98 Å². The molecule has 0 aromatic carbocycles. The molecule has 0 aliphatic carbocycles. The molecule has 1 aromatic rings. The first kappa shape index (κ1) is 5.33. The van der Waals surface area contributed by atoms with Crippen molar-refractivity contribution >= 4 is 16.5 Å². The van der Waals surface area contributed by atoms with Crippen LogP contribution < -0.4 is 5.48 Å². The van der Waals surface area contributed by atoms with Gasteiger partial charge in [0.2, 0.25) is 11.0 Å². The Bertz CT molecular complexity index is 176. The van der Waals surface area contributed by atoms with Crippen LogP contribution in [0.4, 0.5) is 5.13 Å². The van der Waals surface area contributed by atoms with E-state index in [0.29, 0.717) is 5.13 Å². The van der Waals surface area contributed by atoms with Gasteiger partial charge in [-0.2, -0.15) is 4.98 Å². The molecular formula is C3H4N2O2S. The van der Waals surface area contributed by atoms with E-state index in [-0.39, 0.29) is 5.88 Å². The molecule has 0 fully saturated rings. The molecule has 0 aliphatic rings. The second-order valence-corrected chi connectivity index (χ2v) is 1.98. The average molecular weight is 132 g/mol. The van der Waals surface area contributed by atoms with Gasteiger partial charge in [0.25, 0.3) is 0 Å². The van der Waals surface area contributed by atoms with E-state index in [4.69, 9.17) is 10.3 Å². The first-order valence-electron chi connectivity index (χ1n) is 1.87. The number of anilines is 1. The second kappa shape index (κ2) is 1.97. The summed E-state index contributed by atoms with van der Waals surface area (Å²) < 4.78 is 0. The maximum absolute atomic E-state index is 8.53. The summed E-state index contributed by atoms with van der Waals surface area (Å²) in [6.07, 6.45) is 0. The standard InChI is InChI=1S/C3H4N2O2S/c6-2-1-8-3(4-2)5-7/h1,6-7H,(H,4,5). The Hall–Kier alpha value is -0.810.